The lowest BCUT2D eigenvalue weighted by Crippen LogP contribution is -2.34. The van der Waals surface area contributed by atoms with E-state index in [2.05, 4.69) is 31.0 Å². The van der Waals surface area contributed by atoms with E-state index < -0.39 is 5.97 Å². The molecule has 1 saturated carbocycles. The first-order chi connectivity index (χ1) is 9.27. The van der Waals surface area contributed by atoms with Crippen LogP contribution in [0.4, 0.5) is 0 Å². The third-order valence-corrected chi connectivity index (χ3v) is 4.02. The number of halogens is 2. The number of aromatic nitrogens is 2. The van der Waals surface area contributed by atoms with Gasteiger partial charge in [0.1, 0.15) is 11.7 Å². The molecule has 1 aliphatic carbocycles. The van der Waals surface area contributed by atoms with Crippen molar-refractivity contribution in [3.63, 3.8) is 0 Å². The van der Waals surface area contributed by atoms with Crippen LogP contribution in [0.5, 0.6) is 0 Å². The Hall–Kier alpha value is -0.870. The second kappa shape index (κ2) is 5.86. The molecule has 110 valence electrons. The van der Waals surface area contributed by atoms with E-state index in [0.717, 1.165) is 19.3 Å². The van der Waals surface area contributed by atoms with Crippen molar-refractivity contribution >= 4 is 29.2 Å². The lowest BCUT2D eigenvalue weighted by Gasteiger charge is -2.38. The van der Waals surface area contributed by atoms with E-state index >= 15 is 0 Å². The van der Waals surface area contributed by atoms with Crippen molar-refractivity contribution in [2.45, 2.75) is 46.1 Å². The zero-order chi connectivity index (χ0) is 14.9. The summed E-state index contributed by atoms with van der Waals surface area (Å²) in [5.74, 6) is 0.0490. The fraction of sp³-hybridized carbons (Fsp3) is 0.643. The van der Waals surface area contributed by atoms with Crippen LogP contribution in [0.25, 0.3) is 0 Å². The van der Waals surface area contributed by atoms with Gasteiger partial charge in [-0.3, -0.25) is 0 Å². The zero-order valence-corrected chi connectivity index (χ0v) is 13.3. The molecule has 0 amide bonds. The van der Waals surface area contributed by atoms with E-state index in [9.17, 15) is 4.79 Å². The van der Waals surface area contributed by atoms with Crippen molar-refractivity contribution in [2.24, 2.45) is 11.3 Å². The molecule has 0 N–H and O–H groups in total. The van der Waals surface area contributed by atoms with Crippen LogP contribution in [0.1, 0.15) is 50.4 Å². The molecule has 0 aliphatic heterocycles. The number of carbonyl (C=O) groups excluding carboxylic acids is 1. The van der Waals surface area contributed by atoms with Crippen molar-refractivity contribution in [2.75, 3.05) is 0 Å². The lowest BCUT2D eigenvalue weighted by molar-refractivity contribution is -0.00717. The van der Waals surface area contributed by atoms with Gasteiger partial charge in [-0.15, -0.1) is 10.2 Å². The van der Waals surface area contributed by atoms with Gasteiger partial charge < -0.3 is 4.74 Å². The highest BCUT2D eigenvalue weighted by Crippen LogP contribution is 2.40. The maximum absolute atomic E-state index is 12.2. The fourth-order valence-corrected chi connectivity index (χ4v) is 3.38. The van der Waals surface area contributed by atoms with Gasteiger partial charge in [-0.25, -0.2) is 4.79 Å². The number of hydrogen-bond acceptors (Lipinski definition) is 4. The third kappa shape index (κ3) is 3.83. The molecule has 20 heavy (non-hydrogen) atoms. The van der Waals surface area contributed by atoms with Crippen LogP contribution >= 0.6 is 23.2 Å². The monoisotopic (exact) mass is 316 g/mol. The summed E-state index contributed by atoms with van der Waals surface area (Å²) in [5, 5.41) is 7.34. The standard InChI is InChI=1S/C14H18Cl2N2O2/c1-8-4-9(7-14(2,3)6-8)20-13(19)10-5-11(15)17-18-12(10)16/h5,8-9H,4,6-7H2,1-3H3. The number of ether oxygens (including phenoxy) is 1. The molecule has 0 bridgehead atoms. The van der Waals surface area contributed by atoms with Crippen molar-refractivity contribution < 1.29 is 9.53 Å². The minimum absolute atomic E-state index is 0.0162. The molecule has 4 nitrogen and oxygen atoms in total. The summed E-state index contributed by atoms with van der Waals surface area (Å²) < 4.78 is 5.57. The lowest BCUT2D eigenvalue weighted by atomic mass is 9.71. The second-order valence-corrected chi connectivity index (χ2v) is 7.06. The Morgan fingerprint density at radius 3 is 2.70 bits per heavy atom. The van der Waals surface area contributed by atoms with E-state index in [0.29, 0.717) is 5.92 Å². The van der Waals surface area contributed by atoms with Gasteiger partial charge in [0, 0.05) is 0 Å². The smallest absolute Gasteiger partial charge is 0.341 e. The molecule has 2 atom stereocenters. The molecule has 0 aromatic carbocycles. The average Bonchev–Trinajstić information content (AvgIpc) is 2.29. The molecule has 1 aromatic heterocycles. The number of hydrogen-bond donors (Lipinski definition) is 0. The van der Waals surface area contributed by atoms with E-state index in [1.54, 1.807) is 0 Å². The normalized spacial score (nSPS) is 25.2. The van der Waals surface area contributed by atoms with Crippen LogP contribution in [0, 0.1) is 11.3 Å². The number of carbonyl (C=O) groups is 1. The topological polar surface area (TPSA) is 52.1 Å². The molecule has 2 unspecified atom stereocenters. The van der Waals surface area contributed by atoms with Crippen LogP contribution in [0.15, 0.2) is 6.07 Å². The van der Waals surface area contributed by atoms with Crippen LogP contribution < -0.4 is 0 Å². The van der Waals surface area contributed by atoms with Gasteiger partial charge in [-0.2, -0.15) is 0 Å². The van der Waals surface area contributed by atoms with Crippen molar-refractivity contribution in [3.05, 3.63) is 21.9 Å². The first-order valence-corrected chi connectivity index (χ1v) is 7.42. The van der Waals surface area contributed by atoms with Gasteiger partial charge in [0.05, 0.1) is 0 Å². The molecule has 2 rings (SSSR count). The average molecular weight is 317 g/mol. The highest BCUT2D eigenvalue weighted by Gasteiger charge is 2.34. The van der Waals surface area contributed by atoms with Gasteiger partial charge in [0.25, 0.3) is 0 Å². The van der Waals surface area contributed by atoms with Gasteiger partial charge in [0.2, 0.25) is 0 Å². The largest absolute Gasteiger partial charge is 0.459 e. The Morgan fingerprint density at radius 1 is 1.35 bits per heavy atom. The van der Waals surface area contributed by atoms with Crippen molar-refractivity contribution in [3.8, 4) is 0 Å². The van der Waals surface area contributed by atoms with Gasteiger partial charge in [-0.1, -0.05) is 44.0 Å². The van der Waals surface area contributed by atoms with E-state index in [-0.39, 0.29) is 27.4 Å². The first-order valence-electron chi connectivity index (χ1n) is 6.66. The first kappa shape index (κ1) is 15.5. The summed E-state index contributed by atoms with van der Waals surface area (Å²) in [5.41, 5.74) is 0.350. The van der Waals surface area contributed by atoms with Crippen molar-refractivity contribution in [1.29, 1.82) is 0 Å². The predicted octanol–water partition coefficient (Wildman–Crippen LogP) is 4.16. The zero-order valence-electron chi connectivity index (χ0n) is 11.8. The molecule has 1 heterocycles. The molecule has 1 fully saturated rings. The fourth-order valence-electron chi connectivity index (χ4n) is 3.06. The molecule has 6 heteroatoms. The summed E-state index contributed by atoms with van der Waals surface area (Å²) in [6.45, 7) is 6.57. The molecule has 0 radical (unpaired) electrons. The summed E-state index contributed by atoms with van der Waals surface area (Å²) in [4.78, 5) is 12.2. The Morgan fingerprint density at radius 2 is 2.05 bits per heavy atom. The van der Waals surface area contributed by atoms with Crippen LogP contribution in [0.3, 0.4) is 0 Å². The molecular formula is C14H18Cl2N2O2. The highest BCUT2D eigenvalue weighted by molar-refractivity contribution is 6.33. The third-order valence-electron chi connectivity index (χ3n) is 3.56. The van der Waals surface area contributed by atoms with Gasteiger partial charge >= 0.3 is 5.97 Å². The SMILES string of the molecule is CC1CC(OC(=O)c2cc(Cl)nnc2Cl)CC(C)(C)C1. The van der Waals surface area contributed by atoms with E-state index in [4.69, 9.17) is 27.9 Å². The minimum atomic E-state index is -0.485. The molecule has 0 spiro atoms. The number of esters is 1. The second-order valence-electron chi connectivity index (χ2n) is 6.31. The predicted molar refractivity (Wildman–Crippen MR) is 78.1 cm³/mol. The van der Waals surface area contributed by atoms with Crippen molar-refractivity contribution in [1.82, 2.24) is 10.2 Å². The maximum Gasteiger partial charge on any atom is 0.341 e. The van der Waals surface area contributed by atoms with E-state index in [1.807, 2.05) is 0 Å². The summed E-state index contributed by atoms with van der Waals surface area (Å²) in [6, 6.07) is 1.39. The van der Waals surface area contributed by atoms with Gasteiger partial charge in [0.15, 0.2) is 10.3 Å². The minimum Gasteiger partial charge on any atom is -0.459 e. The quantitative estimate of drug-likeness (QED) is 0.769. The Labute approximate surface area is 128 Å². The van der Waals surface area contributed by atoms with Crippen LogP contribution in [-0.4, -0.2) is 22.3 Å². The van der Waals surface area contributed by atoms with E-state index in [1.165, 1.54) is 6.07 Å². The summed E-state index contributed by atoms with van der Waals surface area (Å²) in [6.07, 6.45) is 2.78. The Balaban J connectivity index is 2.09. The van der Waals surface area contributed by atoms with Gasteiger partial charge in [-0.05, 0) is 36.7 Å². The Bertz CT molecular complexity index is 520. The molecule has 1 aromatic rings. The maximum atomic E-state index is 12.2. The molecule has 1 aliphatic rings. The number of nitrogens with zero attached hydrogens (tertiary/aromatic N) is 2. The summed E-state index contributed by atoms with van der Waals surface area (Å²) in [7, 11) is 0. The van der Waals surface area contributed by atoms with Crippen LogP contribution in [-0.2, 0) is 4.74 Å². The molecular weight excluding hydrogens is 299 g/mol. The highest BCUT2D eigenvalue weighted by atomic mass is 35.5. The molecule has 0 saturated heterocycles. The summed E-state index contributed by atoms with van der Waals surface area (Å²) >= 11 is 11.6. The Kier molecular flexibility index (Phi) is 4.55. The number of rotatable bonds is 2. The van der Waals surface area contributed by atoms with Crippen LogP contribution in [0.2, 0.25) is 10.3 Å².